The average Bonchev–Trinajstić information content (AvgIpc) is 2.84. The van der Waals surface area contributed by atoms with E-state index >= 15 is 0 Å². The topological polar surface area (TPSA) is 111 Å². The molecule has 0 saturated carbocycles. The maximum Gasteiger partial charge on any atom is 0.255 e. The van der Waals surface area contributed by atoms with Crippen molar-refractivity contribution in [2.45, 2.75) is 13.3 Å². The van der Waals surface area contributed by atoms with Gasteiger partial charge in [0.15, 0.2) is 5.82 Å². The Labute approximate surface area is 116 Å². The van der Waals surface area contributed by atoms with E-state index in [4.69, 9.17) is 5.84 Å². The molecule has 0 aliphatic carbocycles. The molecule has 106 valence electrons. The van der Waals surface area contributed by atoms with E-state index in [0.717, 1.165) is 5.69 Å². The molecular weight excluding hydrogens is 258 g/mol. The summed E-state index contributed by atoms with van der Waals surface area (Å²) in [7, 11) is 1.80. The number of nitrogens with zero attached hydrogens (tertiary/aromatic N) is 4. The summed E-state index contributed by atoms with van der Waals surface area (Å²) in [5.41, 5.74) is 4.24. The smallest absolute Gasteiger partial charge is 0.255 e. The van der Waals surface area contributed by atoms with Crippen LogP contribution in [0.25, 0.3) is 0 Å². The number of aromatic nitrogens is 4. The third-order valence-corrected chi connectivity index (χ3v) is 2.72. The lowest BCUT2D eigenvalue weighted by Gasteiger charge is -2.09. The molecule has 0 unspecified atom stereocenters. The molecule has 8 nitrogen and oxygen atoms in total. The second kappa shape index (κ2) is 6.11. The first kappa shape index (κ1) is 13.9. The van der Waals surface area contributed by atoms with E-state index in [2.05, 4.69) is 25.8 Å². The normalized spacial score (nSPS) is 10.3. The van der Waals surface area contributed by atoms with Gasteiger partial charge in [-0.05, 0) is 13.0 Å². The molecule has 0 saturated heterocycles. The van der Waals surface area contributed by atoms with Gasteiger partial charge in [-0.1, -0.05) is 0 Å². The summed E-state index contributed by atoms with van der Waals surface area (Å²) in [4.78, 5) is 20.2. The van der Waals surface area contributed by atoms with Crippen LogP contribution >= 0.6 is 0 Å². The highest BCUT2D eigenvalue weighted by Gasteiger charge is 2.11. The molecule has 0 radical (unpaired) electrons. The fourth-order valence-corrected chi connectivity index (χ4v) is 1.74. The number of hydrogen-bond donors (Lipinski definition) is 3. The van der Waals surface area contributed by atoms with Crippen LogP contribution in [0.5, 0.6) is 0 Å². The Morgan fingerprint density at radius 1 is 1.45 bits per heavy atom. The largest absolute Gasteiger partial charge is 0.351 e. The molecule has 0 aromatic carbocycles. The first-order valence-electron chi connectivity index (χ1n) is 6.16. The molecule has 2 aromatic rings. The zero-order valence-electron chi connectivity index (χ0n) is 11.4. The van der Waals surface area contributed by atoms with Crippen molar-refractivity contribution in [2.75, 3.05) is 12.0 Å². The number of amides is 1. The predicted octanol–water partition coefficient (Wildman–Crippen LogP) is -0.223. The zero-order valence-corrected chi connectivity index (χ0v) is 11.4. The first-order chi connectivity index (χ1) is 9.60. The maximum absolute atomic E-state index is 12.0. The Hall–Kier alpha value is -2.48. The van der Waals surface area contributed by atoms with Crippen LogP contribution in [-0.4, -0.2) is 32.2 Å². The van der Waals surface area contributed by atoms with Crippen LogP contribution in [0.15, 0.2) is 18.6 Å². The Kier molecular flexibility index (Phi) is 4.26. The SMILES string of the molecule is Cc1cc(NN)c(C(=O)NCCc2ncn(C)n2)cn1. The highest BCUT2D eigenvalue weighted by Crippen LogP contribution is 2.13. The molecule has 20 heavy (non-hydrogen) atoms. The van der Waals surface area contributed by atoms with Gasteiger partial charge < -0.3 is 10.7 Å². The summed E-state index contributed by atoms with van der Waals surface area (Å²) in [5, 5.41) is 6.92. The van der Waals surface area contributed by atoms with Gasteiger partial charge >= 0.3 is 0 Å². The van der Waals surface area contributed by atoms with Crippen molar-refractivity contribution in [3.05, 3.63) is 35.7 Å². The van der Waals surface area contributed by atoms with Crippen molar-refractivity contribution in [2.24, 2.45) is 12.9 Å². The lowest BCUT2D eigenvalue weighted by atomic mass is 10.2. The molecule has 0 aliphatic rings. The van der Waals surface area contributed by atoms with E-state index in [1.165, 1.54) is 6.20 Å². The van der Waals surface area contributed by atoms with E-state index in [0.29, 0.717) is 30.0 Å². The second-order valence-electron chi connectivity index (χ2n) is 4.36. The van der Waals surface area contributed by atoms with Gasteiger partial charge in [0.05, 0.1) is 11.3 Å². The first-order valence-corrected chi connectivity index (χ1v) is 6.16. The van der Waals surface area contributed by atoms with E-state index in [1.807, 2.05) is 6.92 Å². The molecule has 0 aliphatic heterocycles. The van der Waals surface area contributed by atoms with Crippen molar-refractivity contribution >= 4 is 11.6 Å². The number of carbonyl (C=O) groups excluding carboxylic acids is 1. The van der Waals surface area contributed by atoms with Gasteiger partial charge in [-0.2, -0.15) is 5.10 Å². The molecule has 8 heteroatoms. The van der Waals surface area contributed by atoms with E-state index < -0.39 is 0 Å². The van der Waals surface area contributed by atoms with Crippen molar-refractivity contribution in [1.29, 1.82) is 0 Å². The molecule has 0 bridgehead atoms. The lowest BCUT2D eigenvalue weighted by molar-refractivity contribution is 0.0954. The Bertz CT molecular complexity index is 608. The minimum atomic E-state index is -0.235. The van der Waals surface area contributed by atoms with Crippen molar-refractivity contribution in [1.82, 2.24) is 25.1 Å². The predicted molar refractivity (Wildman–Crippen MR) is 73.8 cm³/mol. The fraction of sp³-hybridized carbons (Fsp3) is 0.333. The third-order valence-electron chi connectivity index (χ3n) is 2.72. The minimum absolute atomic E-state index is 0.235. The van der Waals surface area contributed by atoms with Crippen LogP contribution in [0.1, 0.15) is 21.9 Å². The number of hydrazine groups is 1. The molecule has 0 spiro atoms. The summed E-state index contributed by atoms with van der Waals surface area (Å²) in [5.74, 6) is 5.85. The van der Waals surface area contributed by atoms with Gasteiger partial charge in [0.25, 0.3) is 5.91 Å². The van der Waals surface area contributed by atoms with Gasteiger partial charge in [-0.15, -0.1) is 0 Å². The van der Waals surface area contributed by atoms with Gasteiger partial charge in [0.2, 0.25) is 0 Å². The van der Waals surface area contributed by atoms with Crippen LogP contribution in [0, 0.1) is 6.92 Å². The quantitative estimate of drug-likeness (QED) is 0.514. The lowest BCUT2D eigenvalue weighted by Crippen LogP contribution is -2.27. The molecule has 2 rings (SSSR count). The summed E-state index contributed by atoms with van der Waals surface area (Å²) < 4.78 is 1.62. The van der Waals surface area contributed by atoms with Crippen LogP contribution in [-0.2, 0) is 13.5 Å². The number of nitrogen functional groups attached to an aromatic ring is 1. The second-order valence-corrected chi connectivity index (χ2v) is 4.36. The summed E-state index contributed by atoms with van der Waals surface area (Å²) in [6.07, 6.45) is 3.69. The van der Waals surface area contributed by atoms with E-state index in [1.54, 1.807) is 24.1 Å². The number of carbonyl (C=O) groups is 1. The molecule has 1 amide bonds. The standard InChI is InChI=1S/C12H17N7O/c1-8-5-10(17-13)9(6-15-8)12(20)14-4-3-11-16-7-19(2)18-11/h5-7H,3-4,13H2,1-2H3,(H,14,20)(H,15,17). The van der Waals surface area contributed by atoms with E-state index in [9.17, 15) is 4.79 Å². The molecule has 0 fully saturated rings. The van der Waals surface area contributed by atoms with Gasteiger partial charge in [-0.25, -0.2) is 4.98 Å². The van der Waals surface area contributed by atoms with Crippen molar-refractivity contribution < 1.29 is 4.79 Å². The number of nitrogens with two attached hydrogens (primary N) is 1. The van der Waals surface area contributed by atoms with E-state index in [-0.39, 0.29) is 5.91 Å². The summed E-state index contributed by atoms with van der Waals surface area (Å²) in [6.45, 7) is 2.27. The highest BCUT2D eigenvalue weighted by molar-refractivity contribution is 5.99. The number of rotatable bonds is 5. The molecule has 2 heterocycles. The van der Waals surface area contributed by atoms with Gasteiger partial charge in [0, 0.05) is 31.9 Å². The van der Waals surface area contributed by atoms with Crippen molar-refractivity contribution in [3.8, 4) is 0 Å². The Balaban J connectivity index is 1.95. The fourth-order valence-electron chi connectivity index (χ4n) is 1.74. The Morgan fingerprint density at radius 2 is 2.25 bits per heavy atom. The van der Waals surface area contributed by atoms with Crippen LogP contribution in [0.4, 0.5) is 5.69 Å². The maximum atomic E-state index is 12.0. The molecular formula is C12H17N7O. The molecule has 0 atom stereocenters. The number of aryl methyl sites for hydroxylation is 2. The van der Waals surface area contributed by atoms with Crippen LogP contribution in [0.3, 0.4) is 0 Å². The number of anilines is 1. The molecule has 4 N–H and O–H groups in total. The number of pyridine rings is 1. The van der Waals surface area contributed by atoms with Gasteiger partial charge in [0.1, 0.15) is 6.33 Å². The van der Waals surface area contributed by atoms with Crippen LogP contribution in [0.2, 0.25) is 0 Å². The van der Waals surface area contributed by atoms with Gasteiger partial charge in [-0.3, -0.25) is 20.3 Å². The third kappa shape index (κ3) is 3.29. The zero-order chi connectivity index (χ0) is 14.5. The average molecular weight is 275 g/mol. The summed E-state index contributed by atoms with van der Waals surface area (Å²) in [6, 6.07) is 1.72. The number of hydrogen-bond acceptors (Lipinski definition) is 6. The monoisotopic (exact) mass is 275 g/mol. The minimum Gasteiger partial charge on any atom is -0.351 e. The Morgan fingerprint density at radius 3 is 2.90 bits per heavy atom. The highest BCUT2D eigenvalue weighted by atomic mass is 16.1. The number of nitrogens with one attached hydrogen (secondary N) is 2. The van der Waals surface area contributed by atoms with Crippen molar-refractivity contribution in [3.63, 3.8) is 0 Å². The van der Waals surface area contributed by atoms with Crippen LogP contribution < -0.4 is 16.6 Å². The summed E-state index contributed by atoms with van der Waals surface area (Å²) >= 11 is 0. The molecule has 2 aromatic heterocycles.